The average molecular weight is 201 g/mol. The Bertz CT molecular complexity index is 113. The van der Waals surface area contributed by atoms with E-state index >= 15 is 0 Å². The summed E-state index contributed by atoms with van der Waals surface area (Å²) in [6.45, 7) is 10.9. The van der Waals surface area contributed by atoms with Crippen molar-refractivity contribution in [3.8, 4) is 0 Å². The zero-order valence-corrected chi connectivity index (χ0v) is 10.5. The topological polar surface area (TPSA) is 21.3 Å². The van der Waals surface area contributed by atoms with Gasteiger partial charge in [-0.1, -0.05) is 27.7 Å². The fraction of sp³-hybridized carbons (Fsp3) is 1.00. The molecule has 0 aromatic heterocycles. The summed E-state index contributed by atoms with van der Waals surface area (Å²) in [5, 5.41) is 3.56. The van der Waals surface area contributed by atoms with Gasteiger partial charge < -0.3 is 10.1 Å². The summed E-state index contributed by atoms with van der Waals surface area (Å²) in [5.74, 6) is 1.54. The molecule has 0 saturated carbocycles. The first-order chi connectivity index (χ1) is 6.56. The third-order valence-electron chi connectivity index (χ3n) is 2.25. The molecular formula is C12H27NO. The van der Waals surface area contributed by atoms with Gasteiger partial charge in [0.15, 0.2) is 0 Å². The standard InChI is InChI=1S/C12H27NO/c1-10(2)8-12(9-11(3)4)13-6-7-14-5/h10-13H,6-9H2,1-5H3. The first-order valence-electron chi connectivity index (χ1n) is 5.78. The fourth-order valence-corrected chi connectivity index (χ4v) is 1.77. The SMILES string of the molecule is COCCNC(CC(C)C)CC(C)C. The van der Waals surface area contributed by atoms with E-state index in [-0.39, 0.29) is 0 Å². The van der Waals surface area contributed by atoms with Crippen molar-refractivity contribution in [3.63, 3.8) is 0 Å². The highest BCUT2D eigenvalue weighted by Crippen LogP contribution is 2.12. The van der Waals surface area contributed by atoms with E-state index in [4.69, 9.17) is 4.74 Å². The smallest absolute Gasteiger partial charge is 0.0587 e. The summed E-state index contributed by atoms with van der Waals surface area (Å²) in [4.78, 5) is 0. The molecule has 0 aliphatic rings. The van der Waals surface area contributed by atoms with Crippen LogP contribution in [0.1, 0.15) is 40.5 Å². The van der Waals surface area contributed by atoms with Gasteiger partial charge in [0.2, 0.25) is 0 Å². The van der Waals surface area contributed by atoms with E-state index in [1.165, 1.54) is 12.8 Å². The highest BCUT2D eigenvalue weighted by atomic mass is 16.5. The molecule has 86 valence electrons. The summed E-state index contributed by atoms with van der Waals surface area (Å²) in [6.07, 6.45) is 2.53. The van der Waals surface area contributed by atoms with Gasteiger partial charge in [0.1, 0.15) is 0 Å². The molecule has 0 radical (unpaired) electrons. The van der Waals surface area contributed by atoms with Crippen molar-refractivity contribution in [2.75, 3.05) is 20.3 Å². The van der Waals surface area contributed by atoms with Gasteiger partial charge in [0.25, 0.3) is 0 Å². The number of methoxy groups -OCH3 is 1. The molecular weight excluding hydrogens is 174 g/mol. The number of nitrogens with one attached hydrogen (secondary N) is 1. The zero-order valence-electron chi connectivity index (χ0n) is 10.5. The van der Waals surface area contributed by atoms with Crippen LogP contribution in [0.2, 0.25) is 0 Å². The molecule has 0 aromatic carbocycles. The summed E-state index contributed by atoms with van der Waals surface area (Å²) in [6, 6.07) is 0.658. The van der Waals surface area contributed by atoms with Crippen molar-refractivity contribution in [1.82, 2.24) is 5.32 Å². The van der Waals surface area contributed by atoms with Gasteiger partial charge >= 0.3 is 0 Å². The van der Waals surface area contributed by atoms with Crippen LogP contribution in [0.3, 0.4) is 0 Å². The molecule has 0 spiro atoms. The van der Waals surface area contributed by atoms with Crippen molar-refractivity contribution in [3.05, 3.63) is 0 Å². The monoisotopic (exact) mass is 201 g/mol. The fourth-order valence-electron chi connectivity index (χ4n) is 1.77. The Labute approximate surface area is 89.4 Å². The van der Waals surface area contributed by atoms with E-state index in [2.05, 4.69) is 33.0 Å². The van der Waals surface area contributed by atoms with Crippen LogP contribution < -0.4 is 5.32 Å². The van der Waals surface area contributed by atoms with Crippen LogP contribution in [0.15, 0.2) is 0 Å². The second kappa shape index (κ2) is 8.25. The maximum atomic E-state index is 5.04. The highest BCUT2D eigenvalue weighted by Gasteiger charge is 2.11. The van der Waals surface area contributed by atoms with Crippen LogP contribution in [0.4, 0.5) is 0 Å². The Kier molecular flexibility index (Phi) is 8.20. The second-order valence-corrected chi connectivity index (χ2v) is 4.90. The minimum atomic E-state index is 0.658. The maximum Gasteiger partial charge on any atom is 0.0587 e. The number of rotatable bonds is 8. The van der Waals surface area contributed by atoms with Gasteiger partial charge in [-0.3, -0.25) is 0 Å². The van der Waals surface area contributed by atoms with E-state index in [1.54, 1.807) is 7.11 Å². The molecule has 0 aliphatic heterocycles. The molecule has 0 atom stereocenters. The Morgan fingerprint density at radius 3 is 1.86 bits per heavy atom. The predicted molar refractivity (Wildman–Crippen MR) is 62.6 cm³/mol. The van der Waals surface area contributed by atoms with Gasteiger partial charge in [-0.05, 0) is 24.7 Å². The summed E-state index contributed by atoms with van der Waals surface area (Å²) in [5.41, 5.74) is 0. The van der Waals surface area contributed by atoms with Crippen molar-refractivity contribution in [2.24, 2.45) is 11.8 Å². The lowest BCUT2D eigenvalue weighted by atomic mass is 9.96. The van der Waals surface area contributed by atoms with Crippen LogP contribution >= 0.6 is 0 Å². The summed E-state index contributed by atoms with van der Waals surface area (Å²) >= 11 is 0. The predicted octanol–water partition coefficient (Wildman–Crippen LogP) is 2.68. The number of hydrogen-bond donors (Lipinski definition) is 1. The molecule has 0 bridgehead atoms. The Morgan fingerprint density at radius 1 is 1.00 bits per heavy atom. The first kappa shape index (κ1) is 13.9. The van der Waals surface area contributed by atoms with E-state index in [0.717, 1.165) is 25.0 Å². The minimum absolute atomic E-state index is 0.658. The molecule has 0 rings (SSSR count). The second-order valence-electron chi connectivity index (χ2n) is 4.90. The lowest BCUT2D eigenvalue weighted by Gasteiger charge is -2.22. The first-order valence-corrected chi connectivity index (χ1v) is 5.78. The largest absolute Gasteiger partial charge is 0.383 e. The summed E-state index contributed by atoms with van der Waals surface area (Å²) in [7, 11) is 1.75. The molecule has 0 aromatic rings. The van der Waals surface area contributed by atoms with Crippen LogP contribution in [-0.2, 0) is 4.74 Å². The Morgan fingerprint density at radius 2 is 1.50 bits per heavy atom. The van der Waals surface area contributed by atoms with Gasteiger partial charge in [-0.25, -0.2) is 0 Å². The quantitative estimate of drug-likeness (QED) is 0.610. The van der Waals surface area contributed by atoms with Crippen LogP contribution in [-0.4, -0.2) is 26.3 Å². The normalized spacial score (nSPS) is 12.0. The molecule has 0 unspecified atom stereocenters. The van der Waals surface area contributed by atoms with Crippen LogP contribution in [0, 0.1) is 11.8 Å². The van der Waals surface area contributed by atoms with Gasteiger partial charge in [0.05, 0.1) is 6.61 Å². The third-order valence-corrected chi connectivity index (χ3v) is 2.25. The lowest BCUT2D eigenvalue weighted by Crippen LogP contribution is -2.34. The van der Waals surface area contributed by atoms with Gasteiger partial charge in [0, 0.05) is 19.7 Å². The van der Waals surface area contributed by atoms with Gasteiger partial charge in [-0.2, -0.15) is 0 Å². The molecule has 2 nitrogen and oxygen atoms in total. The highest BCUT2D eigenvalue weighted by molar-refractivity contribution is 4.70. The molecule has 1 N–H and O–H groups in total. The number of ether oxygens (including phenoxy) is 1. The molecule has 0 aliphatic carbocycles. The number of hydrogen-bond acceptors (Lipinski definition) is 2. The van der Waals surface area contributed by atoms with Crippen LogP contribution in [0.25, 0.3) is 0 Å². The maximum absolute atomic E-state index is 5.04. The average Bonchev–Trinajstić information content (AvgIpc) is 2.02. The van der Waals surface area contributed by atoms with Crippen LogP contribution in [0.5, 0.6) is 0 Å². The van der Waals surface area contributed by atoms with E-state index in [9.17, 15) is 0 Å². The van der Waals surface area contributed by atoms with Crippen molar-refractivity contribution in [2.45, 2.75) is 46.6 Å². The molecule has 2 heteroatoms. The molecule has 0 saturated heterocycles. The zero-order chi connectivity index (χ0) is 11.0. The minimum Gasteiger partial charge on any atom is -0.383 e. The van der Waals surface area contributed by atoms with Crippen molar-refractivity contribution >= 4 is 0 Å². The Balaban J connectivity index is 3.72. The third kappa shape index (κ3) is 8.52. The lowest BCUT2D eigenvalue weighted by molar-refractivity contribution is 0.191. The van der Waals surface area contributed by atoms with Crippen molar-refractivity contribution < 1.29 is 4.74 Å². The molecule has 14 heavy (non-hydrogen) atoms. The van der Waals surface area contributed by atoms with E-state index in [1.807, 2.05) is 0 Å². The van der Waals surface area contributed by atoms with E-state index in [0.29, 0.717) is 6.04 Å². The summed E-state index contributed by atoms with van der Waals surface area (Å²) < 4.78 is 5.04. The van der Waals surface area contributed by atoms with E-state index < -0.39 is 0 Å². The molecule has 0 fully saturated rings. The molecule has 0 heterocycles. The van der Waals surface area contributed by atoms with Crippen molar-refractivity contribution in [1.29, 1.82) is 0 Å². The Hall–Kier alpha value is -0.0800. The molecule has 0 amide bonds. The van der Waals surface area contributed by atoms with Gasteiger partial charge in [-0.15, -0.1) is 0 Å².